The van der Waals surface area contributed by atoms with Gasteiger partial charge in [0, 0.05) is 24.6 Å². The third-order valence-electron chi connectivity index (χ3n) is 2.95. The van der Waals surface area contributed by atoms with Crippen molar-refractivity contribution in [2.24, 2.45) is 0 Å². The van der Waals surface area contributed by atoms with Gasteiger partial charge in [0.2, 0.25) is 0 Å². The van der Waals surface area contributed by atoms with Crippen molar-refractivity contribution < 1.29 is 14.3 Å². The summed E-state index contributed by atoms with van der Waals surface area (Å²) < 4.78 is 11.4. The van der Waals surface area contributed by atoms with E-state index in [9.17, 15) is 0 Å². The molecular weight excluding hydrogens is 298 g/mol. The third kappa shape index (κ3) is 4.07. The van der Waals surface area contributed by atoms with Crippen molar-refractivity contribution in [2.75, 3.05) is 20.3 Å². The zero-order chi connectivity index (χ0) is 14.4. The van der Waals surface area contributed by atoms with Gasteiger partial charge in [-0.15, -0.1) is 11.3 Å². The third-order valence-corrected chi connectivity index (χ3v) is 4.25. The molecule has 2 heterocycles. The fourth-order valence-electron chi connectivity index (χ4n) is 2.05. The Morgan fingerprint density at radius 2 is 2.30 bits per heavy atom. The zero-order valence-corrected chi connectivity index (χ0v) is 12.8. The predicted molar refractivity (Wildman–Crippen MR) is 80.4 cm³/mol. The van der Waals surface area contributed by atoms with Gasteiger partial charge in [0.15, 0.2) is 0 Å². The summed E-state index contributed by atoms with van der Waals surface area (Å²) in [6.07, 6.45) is 2.26. The van der Waals surface area contributed by atoms with E-state index in [4.69, 9.17) is 25.9 Å². The Bertz CT molecular complexity index is 494. The topological polar surface area (TPSA) is 54.6 Å². The summed E-state index contributed by atoms with van der Waals surface area (Å²) in [4.78, 5) is 1.07. The maximum atomic E-state index is 9.14. The zero-order valence-electron chi connectivity index (χ0n) is 11.2. The van der Waals surface area contributed by atoms with Crippen molar-refractivity contribution in [3.8, 4) is 0 Å². The molecule has 2 unspecified atom stereocenters. The maximum absolute atomic E-state index is 9.14. The summed E-state index contributed by atoms with van der Waals surface area (Å²) >= 11 is 7.53. The van der Waals surface area contributed by atoms with Crippen LogP contribution in [0.4, 0.5) is 0 Å². The van der Waals surface area contributed by atoms with E-state index in [0.717, 1.165) is 15.0 Å². The normalized spacial score (nSPS) is 14.3. The van der Waals surface area contributed by atoms with Gasteiger partial charge in [0.25, 0.3) is 0 Å². The van der Waals surface area contributed by atoms with Crippen LogP contribution < -0.4 is 5.32 Å². The number of aliphatic hydroxyl groups is 1. The number of nitrogens with one attached hydrogen (secondary N) is 1. The second kappa shape index (κ2) is 7.81. The van der Waals surface area contributed by atoms with Crippen LogP contribution in [-0.4, -0.2) is 31.5 Å². The Morgan fingerprint density at radius 3 is 2.85 bits per heavy atom. The molecule has 0 radical (unpaired) electrons. The van der Waals surface area contributed by atoms with E-state index in [1.54, 1.807) is 13.4 Å². The summed E-state index contributed by atoms with van der Waals surface area (Å²) in [5.41, 5.74) is 0. The second-order valence-corrected chi connectivity index (χ2v) is 6.17. The fraction of sp³-hybridized carbons (Fsp3) is 0.429. The van der Waals surface area contributed by atoms with Gasteiger partial charge in [-0.05, 0) is 30.7 Å². The Kier molecular flexibility index (Phi) is 6.06. The minimum Gasteiger partial charge on any atom is -0.467 e. The molecule has 20 heavy (non-hydrogen) atoms. The number of thiophene rings is 1. The number of hydrogen-bond acceptors (Lipinski definition) is 5. The van der Waals surface area contributed by atoms with E-state index in [0.29, 0.717) is 13.0 Å². The molecule has 0 aliphatic rings. The quantitative estimate of drug-likeness (QED) is 0.786. The number of aliphatic hydroxyl groups excluding tert-OH is 1. The lowest BCUT2D eigenvalue weighted by molar-refractivity contribution is 0.143. The van der Waals surface area contributed by atoms with Crippen molar-refractivity contribution >= 4 is 22.9 Å². The highest BCUT2D eigenvalue weighted by molar-refractivity contribution is 7.16. The molecule has 0 bridgehead atoms. The number of rotatable bonds is 8. The minimum atomic E-state index is -0.0887. The van der Waals surface area contributed by atoms with Crippen LogP contribution in [0.5, 0.6) is 0 Å². The number of ether oxygens (including phenoxy) is 1. The van der Waals surface area contributed by atoms with Gasteiger partial charge in [0.1, 0.15) is 11.8 Å². The van der Waals surface area contributed by atoms with Gasteiger partial charge in [-0.2, -0.15) is 0 Å². The van der Waals surface area contributed by atoms with Gasteiger partial charge < -0.3 is 14.3 Å². The van der Waals surface area contributed by atoms with E-state index in [1.807, 2.05) is 24.3 Å². The molecule has 0 amide bonds. The highest BCUT2D eigenvalue weighted by Crippen LogP contribution is 2.31. The summed E-state index contributed by atoms with van der Waals surface area (Å²) in [6.45, 7) is 0.633. The first-order valence-electron chi connectivity index (χ1n) is 6.39. The molecule has 2 atom stereocenters. The molecule has 0 aliphatic carbocycles. The Balaban J connectivity index is 2.18. The molecule has 4 nitrogen and oxygen atoms in total. The van der Waals surface area contributed by atoms with Crippen molar-refractivity contribution in [1.29, 1.82) is 0 Å². The van der Waals surface area contributed by atoms with E-state index >= 15 is 0 Å². The predicted octanol–water partition coefficient (Wildman–Crippen LogP) is 3.07. The Hall–Kier alpha value is -0.850. The van der Waals surface area contributed by atoms with Crippen LogP contribution >= 0.6 is 22.9 Å². The lowest BCUT2D eigenvalue weighted by Gasteiger charge is -2.23. The monoisotopic (exact) mass is 315 g/mol. The molecule has 0 aliphatic heterocycles. The lowest BCUT2D eigenvalue weighted by atomic mass is 10.1. The molecule has 0 saturated heterocycles. The van der Waals surface area contributed by atoms with Crippen LogP contribution in [0.3, 0.4) is 0 Å². The second-order valence-electron chi connectivity index (χ2n) is 4.42. The smallest absolute Gasteiger partial charge is 0.126 e. The Morgan fingerprint density at radius 1 is 1.45 bits per heavy atom. The van der Waals surface area contributed by atoms with Gasteiger partial charge >= 0.3 is 0 Å². The van der Waals surface area contributed by atoms with Crippen molar-refractivity contribution in [1.82, 2.24) is 5.32 Å². The maximum Gasteiger partial charge on any atom is 0.126 e. The SMILES string of the molecule is COCC(CCO)NC(c1ccco1)c1ccc(Cl)s1. The van der Waals surface area contributed by atoms with Gasteiger partial charge in [-0.25, -0.2) is 0 Å². The van der Waals surface area contributed by atoms with Crippen LogP contribution in [0, 0.1) is 0 Å². The van der Waals surface area contributed by atoms with Crippen LogP contribution in [-0.2, 0) is 4.74 Å². The molecule has 110 valence electrons. The summed E-state index contributed by atoms with van der Waals surface area (Å²) in [6, 6.07) is 7.59. The molecule has 2 rings (SSSR count). The highest BCUT2D eigenvalue weighted by atomic mass is 35.5. The van der Waals surface area contributed by atoms with E-state index < -0.39 is 0 Å². The van der Waals surface area contributed by atoms with Crippen molar-refractivity contribution in [2.45, 2.75) is 18.5 Å². The van der Waals surface area contributed by atoms with Gasteiger partial charge in [-0.1, -0.05) is 11.6 Å². The number of hydrogen-bond donors (Lipinski definition) is 2. The first-order chi connectivity index (χ1) is 9.74. The van der Waals surface area contributed by atoms with E-state index in [1.165, 1.54) is 11.3 Å². The molecule has 2 N–H and O–H groups in total. The van der Waals surface area contributed by atoms with E-state index in [2.05, 4.69) is 5.32 Å². The number of methoxy groups -OCH3 is 1. The Labute approximate surface area is 127 Å². The standard InChI is InChI=1S/C14H18ClNO3S/c1-18-9-10(6-7-17)16-14(11-3-2-8-19-11)12-4-5-13(15)20-12/h2-5,8,10,14,16-17H,6-7,9H2,1H3. The number of halogens is 1. The molecular formula is C14H18ClNO3S. The average Bonchev–Trinajstić information content (AvgIpc) is 3.07. The molecule has 0 saturated carbocycles. The first kappa shape index (κ1) is 15.5. The molecule has 0 fully saturated rings. The molecule has 2 aromatic heterocycles. The van der Waals surface area contributed by atoms with Crippen molar-refractivity contribution in [3.63, 3.8) is 0 Å². The van der Waals surface area contributed by atoms with Crippen LogP contribution in [0.25, 0.3) is 0 Å². The van der Waals surface area contributed by atoms with Crippen LogP contribution in [0.15, 0.2) is 34.9 Å². The lowest BCUT2D eigenvalue weighted by Crippen LogP contribution is -2.37. The van der Waals surface area contributed by atoms with Gasteiger partial charge in [0.05, 0.1) is 17.2 Å². The molecule has 6 heteroatoms. The minimum absolute atomic E-state index is 0.0426. The number of furan rings is 1. The molecule has 0 aromatic carbocycles. The highest BCUT2D eigenvalue weighted by Gasteiger charge is 2.22. The molecule has 0 spiro atoms. The first-order valence-corrected chi connectivity index (χ1v) is 7.58. The van der Waals surface area contributed by atoms with Gasteiger partial charge in [-0.3, -0.25) is 5.32 Å². The fourth-order valence-corrected chi connectivity index (χ4v) is 3.18. The van der Waals surface area contributed by atoms with Crippen molar-refractivity contribution in [3.05, 3.63) is 45.5 Å². The molecule has 2 aromatic rings. The summed E-state index contributed by atoms with van der Waals surface area (Å²) in [7, 11) is 1.65. The van der Waals surface area contributed by atoms with Crippen LogP contribution in [0.1, 0.15) is 23.1 Å². The van der Waals surface area contributed by atoms with E-state index in [-0.39, 0.29) is 18.7 Å². The summed E-state index contributed by atoms with van der Waals surface area (Å²) in [5, 5.41) is 12.6. The largest absolute Gasteiger partial charge is 0.467 e. The van der Waals surface area contributed by atoms with Crippen LogP contribution in [0.2, 0.25) is 4.34 Å². The summed E-state index contributed by atoms with van der Waals surface area (Å²) in [5.74, 6) is 0.822. The average molecular weight is 316 g/mol.